The van der Waals surface area contributed by atoms with Crippen LogP contribution in [0.5, 0.6) is 5.75 Å². The number of amides is 1. The fourth-order valence-corrected chi connectivity index (χ4v) is 6.30. The third kappa shape index (κ3) is 5.88. The maximum absolute atomic E-state index is 13.6. The number of pyridine rings is 1. The van der Waals surface area contributed by atoms with Crippen LogP contribution >= 0.6 is 7.60 Å². The minimum absolute atomic E-state index is 0.253. The van der Waals surface area contributed by atoms with Crippen molar-refractivity contribution in [1.82, 2.24) is 9.88 Å². The molecule has 1 saturated carbocycles. The van der Waals surface area contributed by atoms with Crippen molar-refractivity contribution in [2.24, 2.45) is 0 Å². The zero-order valence-electron chi connectivity index (χ0n) is 22.8. The van der Waals surface area contributed by atoms with E-state index >= 15 is 0 Å². The minimum Gasteiger partial charge on any atom is -0.494 e. The van der Waals surface area contributed by atoms with Gasteiger partial charge in [0.15, 0.2) is 5.44 Å². The van der Waals surface area contributed by atoms with E-state index in [0.29, 0.717) is 44.1 Å². The molecule has 6 rings (SSSR count). The summed E-state index contributed by atoms with van der Waals surface area (Å²) in [6.45, 7) is 5.05. The first kappa shape index (κ1) is 27.8. The number of carbonyl (C=O) groups is 1. The van der Waals surface area contributed by atoms with Gasteiger partial charge in [0.05, 0.1) is 25.0 Å². The van der Waals surface area contributed by atoms with Crippen LogP contribution in [0.4, 0.5) is 14.9 Å². The van der Waals surface area contributed by atoms with Crippen LogP contribution in [0.3, 0.4) is 0 Å². The van der Waals surface area contributed by atoms with Gasteiger partial charge < -0.3 is 19.3 Å². The average Bonchev–Trinajstić information content (AvgIpc) is 3.74. The second-order valence-electron chi connectivity index (χ2n) is 11.1. The van der Waals surface area contributed by atoms with Gasteiger partial charge in [-0.15, -0.1) is 0 Å². The predicted molar refractivity (Wildman–Crippen MR) is 152 cm³/mol. The van der Waals surface area contributed by atoms with Crippen LogP contribution in [0.25, 0.3) is 11.1 Å². The Morgan fingerprint density at radius 3 is 2.46 bits per heavy atom. The third-order valence-corrected chi connectivity index (χ3v) is 9.04. The molecule has 41 heavy (non-hydrogen) atoms. The topological polar surface area (TPSA) is 112 Å². The molecule has 0 bridgehead atoms. The van der Waals surface area contributed by atoms with Gasteiger partial charge in [-0.25, -0.2) is 14.2 Å². The van der Waals surface area contributed by atoms with Gasteiger partial charge in [-0.05, 0) is 78.8 Å². The summed E-state index contributed by atoms with van der Waals surface area (Å²) in [5.41, 5.74) is 3.97. The van der Waals surface area contributed by atoms with E-state index < -0.39 is 19.3 Å². The Labute approximate surface area is 238 Å². The van der Waals surface area contributed by atoms with Crippen molar-refractivity contribution in [2.75, 3.05) is 31.1 Å². The summed E-state index contributed by atoms with van der Waals surface area (Å²) in [5.74, 6) is 1.08. The van der Waals surface area contributed by atoms with Crippen LogP contribution in [-0.4, -0.2) is 57.6 Å². The summed E-state index contributed by atoms with van der Waals surface area (Å²) in [5, 5.41) is 0. The Balaban J connectivity index is 1.16. The molecule has 3 aliphatic rings. The summed E-state index contributed by atoms with van der Waals surface area (Å²) in [7, 11) is -4.46. The van der Waals surface area contributed by atoms with E-state index in [4.69, 9.17) is 9.47 Å². The molecule has 216 valence electrons. The molecule has 2 saturated heterocycles. The van der Waals surface area contributed by atoms with Gasteiger partial charge in [-0.1, -0.05) is 12.1 Å². The van der Waals surface area contributed by atoms with Crippen molar-refractivity contribution in [3.63, 3.8) is 0 Å². The number of benzene rings is 2. The van der Waals surface area contributed by atoms with E-state index in [9.17, 15) is 23.5 Å². The number of carbonyl (C=O) groups excluding carboxylic acids is 1. The SMILES string of the molecule is CCOc1cc(-c2ccc(F)cc2)c(C2CC2)cc1CN1CCC2(CC1)CN(c1ccc(P(=O)(O)O)nc1)C(=O)O2. The van der Waals surface area contributed by atoms with Crippen molar-refractivity contribution < 1.29 is 33.0 Å². The van der Waals surface area contributed by atoms with Gasteiger partial charge in [0, 0.05) is 38.0 Å². The molecule has 1 amide bonds. The first-order valence-corrected chi connectivity index (χ1v) is 15.6. The van der Waals surface area contributed by atoms with E-state index in [1.807, 2.05) is 19.1 Å². The molecule has 1 aliphatic carbocycles. The van der Waals surface area contributed by atoms with E-state index in [1.54, 1.807) is 0 Å². The Kier molecular flexibility index (Phi) is 7.36. The van der Waals surface area contributed by atoms with Crippen molar-refractivity contribution in [1.29, 1.82) is 0 Å². The second-order valence-corrected chi connectivity index (χ2v) is 12.6. The van der Waals surface area contributed by atoms with Gasteiger partial charge in [0.1, 0.15) is 17.2 Å². The molecule has 1 aromatic heterocycles. The van der Waals surface area contributed by atoms with Crippen molar-refractivity contribution in [3.05, 3.63) is 71.7 Å². The van der Waals surface area contributed by atoms with Crippen LogP contribution in [0.1, 0.15) is 49.7 Å². The maximum atomic E-state index is 13.6. The lowest BCUT2D eigenvalue weighted by Crippen LogP contribution is -2.46. The fourth-order valence-electron chi connectivity index (χ4n) is 5.82. The molecule has 2 aromatic carbocycles. The molecule has 3 aromatic rings. The smallest absolute Gasteiger partial charge is 0.415 e. The summed E-state index contributed by atoms with van der Waals surface area (Å²) >= 11 is 0. The molecule has 2 aliphatic heterocycles. The largest absolute Gasteiger partial charge is 0.494 e. The number of nitrogens with zero attached hydrogens (tertiary/aromatic N) is 3. The summed E-state index contributed by atoms with van der Waals surface area (Å²) in [6, 6.07) is 13.7. The van der Waals surface area contributed by atoms with E-state index in [1.165, 1.54) is 40.9 Å². The van der Waals surface area contributed by atoms with Crippen LogP contribution < -0.4 is 15.1 Å². The zero-order chi connectivity index (χ0) is 28.8. The monoisotopic (exact) mass is 581 g/mol. The molecule has 3 heterocycles. The van der Waals surface area contributed by atoms with Gasteiger partial charge >= 0.3 is 13.7 Å². The third-order valence-electron chi connectivity index (χ3n) is 8.18. The maximum Gasteiger partial charge on any atom is 0.415 e. The molecule has 11 heteroatoms. The number of aromatic nitrogens is 1. The molecule has 1 spiro atoms. The molecule has 9 nitrogen and oxygen atoms in total. The van der Waals surface area contributed by atoms with Crippen molar-refractivity contribution >= 4 is 24.8 Å². The molecule has 3 fully saturated rings. The highest BCUT2D eigenvalue weighted by atomic mass is 31.2. The number of anilines is 1. The normalized spacial score (nSPS) is 19.0. The number of piperidine rings is 1. The second kappa shape index (κ2) is 10.8. The molecule has 0 unspecified atom stereocenters. The van der Waals surface area contributed by atoms with Gasteiger partial charge in [0.2, 0.25) is 0 Å². The average molecular weight is 582 g/mol. The number of hydrogen-bond acceptors (Lipinski definition) is 6. The first-order valence-electron chi connectivity index (χ1n) is 13.9. The molecular weight excluding hydrogens is 548 g/mol. The highest BCUT2D eigenvalue weighted by Crippen LogP contribution is 2.47. The minimum atomic E-state index is -4.46. The standard InChI is InChI=1S/C30H33FN3O6P/c1-2-39-27-16-26(21-5-7-23(31)8-6-21)25(20-3-4-20)15-22(27)18-33-13-11-30(12-14-33)19-34(29(35)40-30)24-9-10-28(32-17-24)41(36,37)38/h5-10,15-17,20H,2-4,11-14,18-19H2,1H3,(H2,36,37,38). The zero-order valence-corrected chi connectivity index (χ0v) is 23.7. The van der Waals surface area contributed by atoms with E-state index in [2.05, 4.69) is 22.0 Å². The lowest BCUT2D eigenvalue weighted by Gasteiger charge is -2.37. The predicted octanol–water partition coefficient (Wildman–Crippen LogP) is 4.96. The fraction of sp³-hybridized carbons (Fsp3) is 0.400. The van der Waals surface area contributed by atoms with Crippen LogP contribution in [0.15, 0.2) is 54.7 Å². The quantitative estimate of drug-likeness (QED) is 0.359. The van der Waals surface area contributed by atoms with E-state index in [0.717, 1.165) is 48.4 Å². The Morgan fingerprint density at radius 1 is 1.12 bits per heavy atom. The number of ether oxygens (including phenoxy) is 2. The van der Waals surface area contributed by atoms with Crippen LogP contribution in [-0.2, 0) is 15.8 Å². The molecule has 0 radical (unpaired) electrons. The van der Waals surface area contributed by atoms with Gasteiger partial charge in [-0.2, -0.15) is 0 Å². The number of halogens is 1. The lowest BCUT2D eigenvalue weighted by atomic mass is 9.90. The Morgan fingerprint density at radius 2 is 1.85 bits per heavy atom. The van der Waals surface area contributed by atoms with Crippen molar-refractivity contribution in [3.8, 4) is 16.9 Å². The van der Waals surface area contributed by atoms with E-state index in [-0.39, 0.29) is 11.3 Å². The number of likely N-dealkylation sites (tertiary alicyclic amines) is 1. The van der Waals surface area contributed by atoms with Crippen LogP contribution in [0.2, 0.25) is 0 Å². The molecule has 0 atom stereocenters. The Bertz CT molecular complexity index is 1480. The summed E-state index contributed by atoms with van der Waals surface area (Å²) in [6.07, 6.45) is 4.44. The Hall–Kier alpha value is -3.30. The van der Waals surface area contributed by atoms with Gasteiger partial charge in [0.25, 0.3) is 0 Å². The number of rotatable bonds is 8. The molecule has 2 N–H and O–H groups in total. The van der Waals surface area contributed by atoms with Gasteiger partial charge in [-0.3, -0.25) is 14.4 Å². The first-order chi connectivity index (χ1) is 19.6. The summed E-state index contributed by atoms with van der Waals surface area (Å²) in [4.78, 5) is 39.1. The number of hydrogen-bond donors (Lipinski definition) is 2. The highest BCUT2D eigenvalue weighted by Gasteiger charge is 2.47. The highest BCUT2D eigenvalue weighted by molar-refractivity contribution is 7.60. The molecular formula is C30H33FN3O6P. The van der Waals surface area contributed by atoms with Crippen LogP contribution in [0, 0.1) is 5.82 Å². The van der Waals surface area contributed by atoms with Crippen molar-refractivity contribution in [2.45, 2.75) is 50.7 Å². The summed E-state index contributed by atoms with van der Waals surface area (Å²) < 4.78 is 37.0. The lowest BCUT2D eigenvalue weighted by molar-refractivity contribution is -0.00111.